The molecule has 0 aliphatic heterocycles. The Morgan fingerprint density at radius 1 is 1.03 bits per heavy atom. The van der Waals surface area contributed by atoms with Gasteiger partial charge in [-0.3, -0.25) is 4.79 Å². The molecule has 0 saturated carbocycles. The molecule has 32 heavy (non-hydrogen) atoms. The number of aryl methyl sites for hydroxylation is 2. The normalized spacial score (nSPS) is 11.4. The van der Waals surface area contributed by atoms with E-state index in [2.05, 4.69) is 46.3 Å². The van der Waals surface area contributed by atoms with Gasteiger partial charge in [-0.05, 0) is 55.7 Å². The minimum atomic E-state index is -0.131. The maximum atomic E-state index is 12.4. The number of hydrazone groups is 1. The van der Waals surface area contributed by atoms with Crippen molar-refractivity contribution in [3.8, 4) is 0 Å². The molecule has 5 heteroatoms. The second-order valence-electron chi connectivity index (χ2n) is 8.13. The monoisotopic (exact) mass is 443 g/mol. The largest absolute Gasteiger partial charge is 0.340 e. The van der Waals surface area contributed by atoms with Crippen molar-refractivity contribution in [1.82, 2.24) is 9.99 Å². The Labute approximate surface area is 193 Å². The van der Waals surface area contributed by atoms with Gasteiger partial charge in [-0.1, -0.05) is 65.7 Å². The lowest BCUT2D eigenvalue weighted by Crippen LogP contribution is -2.20. The molecule has 0 bridgehead atoms. The second-order valence-corrected chi connectivity index (χ2v) is 8.57. The number of halogens is 1. The number of nitrogens with one attached hydrogen (secondary N) is 1. The van der Waals surface area contributed by atoms with Crippen molar-refractivity contribution in [3.63, 3.8) is 0 Å². The van der Waals surface area contributed by atoms with E-state index in [1.54, 1.807) is 6.21 Å². The number of carbonyl (C=O) groups is 1. The molecule has 1 amide bonds. The van der Waals surface area contributed by atoms with Crippen LogP contribution in [0.3, 0.4) is 0 Å². The van der Waals surface area contributed by atoms with Crippen LogP contribution in [-0.2, 0) is 17.8 Å². The maximum Gasteiger partial charge on any atom is 0.244 e. The minimum Gasteiger partial charge on any atom is -0.340 e. The number of hydrogen-bond donors (Lipinski definition) is 1. The van der Waals surface area contributed by atoms with E-state index < -0.39 is 0 Å². The van der Waals surface area contributed by atoms with Gasteiger partial charge in [-0.15, -0.1) is 0 Å². The summed E-state index contributed by atoms with van der Waals surface area (Å²) in [6.45, 7) is 6.85. The molecule has 0 spiro atoms. The van der Waals surface area contributed by atoms with Crippen LogP contribution in [0.1, 0.15) is 33.5 Å². The first kappa shape index (κ1) is 21.8. The summed E-state index contributed by atoms with van der Waals surface area (Å²) in [5, 5.41) is 6.09. The van der Waals surface area contributed by atoms with E-state index in [1.165, 1.54) is 5.56 Å². The maximum absolute atomic E-state index is 12.4. The predicted octanol–water partition coefficient (Wildman–Crippen LogP) is 5.96. The molecule has 4 aromatic rings. The molecule has 0 aliphatic carbocycles. The van der Waals surface area contributed by atoms with E-state index in [0.717, 1.165) is 43.9 Å². The molecule has 3 aromatic carbocycles. The van der Waals surface area contributed by atoms with Gasteiger partial charge in [0.15, 0.2) is 0 Å². The SMILES string of the molecule is Cc1ccc(CC(=O)N/N=C/c2c(C)n(Cc3cccc(Cl)c3)c3ccccc23)c(C)c1. The molecule has 162 valence electrons. The summed E-state index contributed by atoms with van der Waals surface area (Å²) in [4.78, 5) is 12.4. The Morgan fingerprint density at radius 3 is 2.62 bits per heavy atom. The van der Waals surface area contributed by atoms with E-state index in [4.69, 9.17) is 11.6 Å². The van der Waals surface area contributed by atoms with E-state index in [9.17, 15) is 4.79 Å². The van der Waals surface area contributed by atoms with Gasteiger partial charge in [0.1, 0.15) is 0 Å². The third-order valence-corrected chi connectivity index (χ3v) is 5.98. The Balaban J connectivity index is 1.55. The Kier molecular flexibility index (Phi) is 6.42. The molecule has 0 fully saturated rings. The third kappa shape index (κ3) is 4.76. The van der Waals surface area contributed by atoms with Crippen LogP contribution in [0.5, 0.6) is 0 Å². The van der Waals surface area contributed by atoms with Gasteiger partial charge in [0.25, 0.3) is 0 Å². The average Bonchev–Trinajstić information content (AvgIpc) is 3.02. The van der Waals surface area contributed by atoms with Crippen molar-refractivity contribution in [2.75, 3.05) is 0 Å². The number of fused-ring (bicyclic) bond motifs is 1. The predicted molar refractivity (Wildman–Crippen MR) is 133 cm³/mol. The Morgan fingerprint density at radius 2 is 1.84 bits per heavy atom. The van der Waals surface area contributed by atoms with Crippen molar-refractivity contribution in [2.24, 2.45) is 5.10 Å². The molecule has 1 heterocycles. The fraction of sp³-hybridized carbons (Fsp3) is 0.185. The highest BCUT2D eigenvalue weighted by molar-refractivity contribution is 6.30. The van der Waals surface area contributed by atoms with Crippen LogP contribution in [0.2, 0.25) is 5.02 Å². The van der Waals surface area contributed by atoms with Crippen LogP contribution in [0, 0.1) is 20.8 Å². The highest BCUT2D eigenvalue weighted by Gasteiger charge is 2.13. The van der Waals surface area contributed by atoms with Crippen LogP contribution >= 0.6 is 11.6 Å². The molecule has 4 nitrogen and oxygen atoms in total. The number of carbonyl (C=O) groups excluding carboxylic acids is 1. The molecule has 1 aromatic heterocycles. The van der Waals surface area contributed by atoms with Crippen molar-refractivity contribution in [2.45, 2.75) is 33.7 Å². The molecule has 1 N–H and O–H groups in total. The van der Waals surface area contributed by atoms with Gasteiger partial charge in [-0.25, -0.2) is 5.43 Å². The number of benzene rings is 3. The van der Waals surface area contributed by atoms with Crippen LogP contribution in [-0.4, -0.2) is 16.7 Å². The fourth-order valence-corrected chi connectivity index (χ4v) is 4.28. The van der Waals surface area contributed by atoms with E-state index in [1.807, 2.05) is 56.3 Å². The van der Waals surface area contributed by atoms with Crippen LogP contribution < -0.4 is 5.43 Å². The van der Waals surface area contributed by atoms with Crippen molar-refractivity contribution in [3.05, 3.63) is 105 Å². The molecule has 0 aliphatic rings. The summed E-state index contributed by atoms with van der Waals surface area (Å²) in [5.41, 5.74) is 10.3. The quantitative estimate of drug-likeness (QED) is 0.290. The first-order chi connectivity index (χ1) is 15.4. The smallest absolute Gasteiger partial charge is 0.244 e. The van der Waals surface area contributed by atoms with Crippen molar-refractivity contribution < 1.29 is 4.79 Å². The lowest BCUT2D eigenvalue weighted by Gasteiger charge is -2.09. The summed E-state index contributed by atoms with van der Waals surface area (Å²) >= 11 is 6.18. The lowest BCUT2D eigenvalue weighted by atomic mass is 10.0. The molecular formula is C27H26ClN3O. The van der Waals surface area contributed by atoms with Gasteiger partial charge < -0.3 is 4.57 Å². The average molecular weight is 444 g/mol. The Hall–Kier alpha value is -3.37. The summed E-state index contributed by atoms with van der Waals surface area (Å²) < 4.78 is 2.25. The summed E-state index contributed by atoms with van der Waals surface area (Å²) in [7, 11) is 0. The number of amides is 1. The standard InChI is InChI=1S/C27H26ClN3O/c1-18-11-12-22(19(2)13-18)15-27(32)30-29-16-25-20(3)31(26-10-5-4-9-24(25)26)17-21-7-6-8-23(28)14-21/h4-14,16H,15,17H2,1-3H3,(H,30,32)/b29-16+. The van der Waals surface area contributed by atoms with Crippen molar-refractivity contribution >= 4 is 34.6 Å². The number of aromatic nitrogens is 1. The topological polar surface area (TPSA) is 46.4 Å². The van der Waals surface area contributed by atoms with Gasteiger partial charge in [-0.2, -0.15) is 5.10 Å². The van der Waals surface area contributed by atoms with Crippen LogP contribution in [0.15, 0.2) is 71.8 Å². The summed E-state index contributed by atoms with van der Waals surface area (Å²) in [6.07, 6.45) is 2.05. The number of para-hydroxylation sites is 1. The minimum absolute atomic E-state index is 0.131. The van der Waals surface area contributed by atoms with E-state index in [-0.39, 0.29) is 5.91 Å². The van der Waals surface area contributed by atoms with Gasteiger partial charge in [0.2, 0.25) is 5.91 Å². The summed E-state index contributed by atoms with van der Waals surface area (Å²) in [5.74, 6) is -0.131. The number of rotatable bonds is 6. The zero-order chi connectivity index (χ0) is 22.7. The lowest BCUT2D eigenvalue weighted by molar-refractivity contribution is -0.120. The molecular weight excluding hydrogens is 418 g/mol. The molecule has 0 saturated heterocycles. The van der Waals surface area contributed by atoms with E-state index in [0.29, 0.717) is 13.0 Å². The first-order valence-corrected chi connectivity index (χ1v) is 11.0. The van der Waals surface area contributed by atoms with Gasteiger partial charge in [0.05, 0.1) is 12.6 Å². The Bertz CT molecular complexity index is 1320. The fourth-order valence-electron chi connectivity index (χ4n) is 4.07. The van der Waals surface area contributed by atoms with Gasteiger partial charge >= 0.3 is 0 Å². The molecule has 0 unspecified atom stereocenters. The highest BCUT2D eigenvalue weighted by atomic mass is 35.5. The van der Waals surface area contributed by atoms with Crippen LogP contribution in [0.4, 0.5) is 0 Å². The zero-order valence-electron chi connectivity index (χ0n) is 18.5. The molecule has 0 atom stereocenters. The number of nitrogens with zero attached hydrogens (tertiary/aromatic N) is 2. The van der Waals surface area contributed by atoms with Crippen molar-refractivity contribution in [1.29, 1.82) is 0 Å². The van der Waals surface area contributed by atoms with Crippen LogP contribution in [0.25, 0.3) is 10.9 Å². The zero-order valence-corrected chi connectivity index (χ0v) is 19.3. The molecule has 4 rings (SSSR count). The second kappa shape index (κ2) is 9.41. The highest BCUT2D eigenvalue weighted by Crippen LogP contribution is 2.26. The summed E-state index contributed by atoms with van der Waals surface area (Å²) in [6, 6.07) is 22.2. The first-order valence-electron chi connectivity index (χ1n) is 10.6. The third-order valence-electron chi connectivity index (χ3n) is 5.74. The van der Waals surface area contributed by atoms with Gasteiger partial charge in [0, 0.05) is 33.7 Å². The molecule has 0 radical (unpaired) electrons. The van der Waals surface area contributed by atoms with E-state index >= 15 is 0 Å². The number of hydrogen-bond acceptors (Lipinski definition) is 2.